The number of primary amides is 1. The van der Waals surface area contributed by atoms with Crippen molar-refractivity contribution in [3.8, 4) is 11.1 Å². The van der Waals surface area contributed by atoms with Crippen molar-refractivity contribution in [2.24, 2.45) is 5.73 Å². The number of carbonyl (C=O) groups is 3. The number of pyridine rings is 1. The molecule has 0 spiro atoms. The van der Waals surface area contributed by atoms with Crippen LogP contribution >= 0.6 is 0 Å². The summed E-state index contributed by atoms with van der Waals surface area (Å²) in [6.45, 7) is 4.00. The van der Waals surface area contributed by atoms with Crippen LogP contribution in [-0.2, 0) is 16.0 Å². The van der Waals surface area contributed by atoms with Gasteiger partial charge in [0.15, 0.2) is 0 Å². The molecule has 1 aliphatic rings. The van der Waals surface area contributed by atoms with E-state index in [0.29, 0.717) is 33.6 Å². The molecule has 3 amide bonds. The van der Waals surface area contributed by atoms with Gasteiger partial charge in [-0.3, -0.25) is 19.4 Å². The molecule has 0 bridgehead atoms. The third-order valence-corrected chi connectivity index (χ3v) is 6.62. The molecule has 210 valence electrons. The molecule has 2 atom stereocenters. The molecule has 3 aromatic carbocycles. The van der Waals surface area contributed by atoms with Gasteiger partial charge in [-0.05, 0) is 59.5 Å². The van der Waals surface area contributed by atoms with Crippen molar-refractivity contribution in [3.05, 3.63) is 119 Å². The van der Waals surface area contributed by atoms with E-state index in [1.807, 2.05) is 13.8 Å². The average molecular weight is 557 g/mol. The number of hydrogen-bond donors (Lipinski definition) is 3. The summed E-state index contributed by atoms with van der Waals surface area (Å²) in [6.07, 6.45) is 1.44. The van der Waals surface area contributed by atoms with Gasteiger partial charge < -0.3 is 16.4 Å². The highest BCUT2D eigenvalue weighted by atomic mass is 19.1. The molecule has 0 saturated carbocycles. The zero-order valence-electron chi connectivity index (χ0n) is 22.7. The summed E-state index contributed by atoms with van der Waals surface area (Å²) >= 11 is 0. The van der Waals surface area contributed by atoms with E-state index < -0.39 is 35.4 Å². The van der Waals surface area contributed by atoms with Crippen LogP contribution in [0.2, 0.25) is 0 Å². The molecule has 1 aliphatic heterocycles. The predicted molar refractivity (Wildman–Crippen MR) is 153 cm³/mol. The SMILES string of the molecule is CC.NC(=O)c1cccc(-c2cccnc2[C@H](Cc2cc(F)cc(F)c2)NC(=O)C[C@@H]2C(=O)Nc3ccccc32)c1. The number of para-hydroxylation sites is 1. The van der Waals surface area contributed by atoms with Crippen molar-refractivity contribution < 1.29 is 23.2 Å². The van der Waals surface area contributed by atoms with E-state index in [4.69, 9.17) is 5.73 Å². The first-order valence-electron chi connectivity index (χ1n) is 13.3. The summed E-state index contributed by atoms with van der Waals surface area (Å²) in [4.78, 5) is 42.2. The van der Waals surface area contributed by atoms with Crippen molar-refractivity contribution in [2.75, 3.05) is 5.32 Å². The number of carbonyl (C=O) groups excluding carboxylic acids is 3. The van der Waals surface area contributed by atoms with Gasteiger partial charge in [-0.15, -0.1) is 0 Å². The molecule has 0 radical (unpaired) electrons. The number of aromatic nitrogens is 1. The molecule has 4 aromatic rings. The van der Waals surface area contributed by atoms with Crippen LogP contribution in [0.4, 0.5) is 14.5 Å². The fraction of sp³-hybridized carbons (Fsp3) is 0.188. The lowest BCUT2D eigenvalue weighted by Gasteiger charge is -2.22. The van der Waals surface area contributed by atoms with Gasteiger partial charge in [0, 0.05) is 35.5 Å². The Kier molecular flexibility index (Phi) is 9.19. The van der Waals surface area contributed by atoms with Crippen molar-refractivity contribution in [1.82, 2.24) is 10.3 Å². The molecule has 0 fully saturated rings. The van der Waals surface area contributed by atoms with Gasteiger partial charge in [-0.1, -0.05) is 50.2 Å². The second kappa shape index (κ2) is 13.0. The summed E-state index contributed by atoms with van der Waals surface area (Å²) in [6, 6.07) is 19.6. The molecule has 0 unspecified atom stereocenters. The lowest BCUT2D eigenvalue weighted by Crippen LogP contribution is -2.33. The number of amides is 3. The van der Waals surface area contributed by atoms with Crippen LogP contribution in [0, 0.1) is 11.6 Å². The number of nitrogens with one attached hydrogen (secondary N) is 2. The van der Waals surface area contributed by atoms with Gasteiger partial charge >= 0.3 is 0 Å². The van der Waals surface area contributed by atoms with Crippen molar-refractivity contribution >= 4 is 23.4 Å². The van der Waals surface area contributed by atoms with Crippen molar-refractivity contribution in [3.63, 3.8) is 0 Å². The monoisotopic (exact) mass is 556 g/mol. The van der Waals surface area contributed by atoms with Gasteiger partial charge in [0.1, 0.15) is 11.6 Å². The minimum Gasteiger partial charge on any atom is -0.366 e. The minimum absolute atomic E-state index is 0.0212. The number of anilines is 1. The fourth-order valence-corrected chi connectivity index (χ4v) is 4.88. The lowest BCUT2D eigenvalue weighted by atomic mass is 9.93. The molecular weight excluding hydrogens is 526 g/mol. The number of benzene rings is 3. The van der Waals surface area contributed by atoms with Crippen LogP contribution in [0.15, 0.2) is 85.1 Å². The maximum Gasteiger partial charge on any atom is 0.248 e. The highest BCUT2D eigenvalue weighted by molar-refractivity contribution is 6.05. The molecule has 0 aliphatic carbocycles. The lowest BCUT2D eigenvalue weighted by molar-refractivity contribution is -0.125. The molecular formula is C32H30F2N4O3. The predicted octanol–water partition coefficient (Wildman–Crippen LogP) is 5.68. The summed E-state index contributed by atoms with van der Waals surface area (Å²) < 4.78 is 28.1. The van der Waals surface area contributed by atoms with Crippen LogP contribution in [0.25, 0.3) is 11.1 Å². The van der Waals surface area contributed by atoms with E-state index in [-0.39, 0.29) is 18.7 Å². The van der Waals surface area contributed by atoms with Crippen LogP contribution in [0.3, 0.4) is 0 Å². The molecule has 2 heterocycles. The second-order valence-electron chi connectivity index (χ2n) is 9.32. The number of hydrogen-bond acceptors (Lipinski definition) is 4. The Bertz CT molecular complexity index is 1570. The molecule has 7 nitrogen and oxygen atoms in total. The Morgan fingerprint density at radius 2 is 1.71 bits per heavy atom. The van der Waals surface area contributed by atoms with Crippen LogP contribution in [0.5, 0.6) is 0 Å². The number of halogens is 2. The quantitative estimate of drug-likeness (QED) is 0.259. The molecule has 5 rings (SSSR count). The summed E-state index contributed by atoms with van der Waals surface area (Å²) in [5.74, 6) is -3.48. The van der Waals surface area contributed by atoms with Gasteiger partial charge in [-0.25, -0.2) is 8.78 Å². The van der Waals surface area contributed by atoms with Crippen LogP contribution < -0.4 is 16.4 Å². The van der Waals surface area contributed by atoms with E-state index >= 15 is 0 Å². The molecule has 0 saturated heterocycles. The Hall–Kier alpha value is -4.92. The van der Waals surface area contributed by atoms with Gasteiger partial charge in [0.25, 0.3) is 0 Å². The smallest absolute Gasteiger partial charge is 0.248 e. The average Bonchev–Trinajstić information content (AvgIpc) is 3.27. The van der Waals surface area contributed by atoms with Gasteiger partial charge in [0.05, 0.1) is 17.7 Å². The Labute approximate surface area is 236 Å². The van der Waals surface area contributed by atoms with Gasteiger partial charge in [-0.2, -0.15) is 0 Å². The first-order valence-corrected chi connectivity index (χ1v) is 13.3. The van der Waals surface area contributed by atoms with Crippen LogP contribution in [0.1, 0.15) is 59.4 Å². The molecule has 9 heteroatoms. The van der Waals surface area contributed by atoms with Gasteiger partial charge in [0.2, 0.25) is 17.7 Å². The Morgan fingerprint density at radius 3 is 2.44 bits per heavy atom. The number of rotatable bonds is 8. The first kappa shape index (κ1) is 29.1. The number of nitrogens with two attached hydrogens (primary N) is 1. The Balaban J connectivity index is 0.00000189. The van der Waals surface area contributed by atoms with E-state index in [0.717, 1.165) is 11.6 Å². The summed E-state index contributed by atoms with van der Waals surface area (Å²) in [5.41, 5.74) is 9.11. The zero-order chi connectivity index (χ0) is 29.5. The second-order valence-corrected chi connectivity index (χ2v) is 9.32. The normalized spacial score (nSPS) is 14.2. The topological polar surface area (TPSA) is 114 Å². The minimum atomic E-state index is -0.813. The molecule has 4 N–H and O–H groups in total. The fourth-order valence-electron chi connectivity index (χ4n) is 4.88. The summed E-state index contributed by atoms with van der Waals surface area (Å²) in [5, 5.41) is 5.71. The highest BCUT2D eigenvalue weighted by Crippen LogP contribution is 2.35. The largest absolute Gasteiger partial charge is 0.366 e. The maximum atomic E-state index is 14.0. The first-order chi connectivity index (χ1) is 19.8. The number of fused-ring (bicyclic) bond motifs is 1. The van der Waals surface area contributed by atoms with E-state index in [1.54, 1.807) is 66.9 Å². The molecule has 41 heavy (non-hydrogen) atoms. The Morgan fingerprint density at radius 1 is 0.976 bits per heavy atom. The van der Waals surface area contributed by atoms with Crippen molar-refractivity contribution in [2.45, 2.75) is 38.6 Å². The third-order valence-electron chi connectivity index (χ3n) is 6.62. The zero-order valence-corrected chi connectivity index (χ0v) is 22.7. The summed E-state index contributed by atoms with van der Waals surface area (Å²) in [7, 11) is 0. The van der Waals surface area contributed by atoms with E-state index in [2.05, 4.69) is 15.6 Å². The van der Waals surface area contributed by atoms with Crippen LogP contribution in [-0.4, -0.2) is 22.7 Å². The third kappa shape index (κ3) is 6.81. The maximum absolute atomic E-state index is 14.0. The van der Waals surface area contributed by atoms with E-state index in [9.17, 15) is 23.2 Å². The standard InChI is InChI=1S/C30H24F2N4O3.C2H6/c31-20-11-17(12-21(32)15-20)13-26(35-27(37)16-24-23-7-1-2-9-25(23)36-30(24)39)28-22(8-4-10-34-28)18-5-3-6-19(14-18)29(33)38;1-2/h1-12,14-15,24,26H,13,16H2,(H2,33,38)(H,35,37)(H,36,39);1-2H3/t24-,26-;/m0./s1. The number of nitrogens with zero attached hydrogens (tertiary/aromatic N) is 1. The van der Waals surface area contributed by atoms with Crippen molar-refractivity contribution in [1.29, 1.82) is 0 Å². The highest BCUT2D eigenvalue weighted by Gasteiger charge is 2.33. The molecule has 1 aromatic heterocycles. The van der Waals surface area contributed by atoms with E-state index in [1.165, 1.54) is 12.1 Å².